The molecule has 0 fully saturated rings. The highest BCUT2D eigenvalue weighted by Gasteiger charge is 2.27. The second kappa shape index (κ2) is 5.82. The van der Waals surface area contributed by atoms with Crippen molar-refractivity contribution in [3.8, 4) is 5.75 Å². The Morgan fingerprint density at radius 1 is 1.37 bits per heavy atom. The zero-order valence-corrected chi connectivity index (χ0v) is 10.9. The van der Waals surface area contributed by atoms with E-state index < -0.39 is 12.6 Å². The van der Waals surface area contributed by atoms with Crippen molar-refractivity contribution in [1.82, 2.24) is 5.32 Å². The van der Waals surface area contributed by atoms with Crippen LogP contribution in [0.15, 0.2) is 18.2 Å². The number of hydrogen-bond acceptors (Lipinski definition) is 2. The summed E-state index contributed by atoms with van der Waals surface area (Å²) in [6.07, 6.45) is -2.75. The zero-order chi connectivity index (χ0) is 13.9. The van der Waals surface area contributed by atoms with Crippen LogP contribution in [0.5, 0.6) is 5.75 Å². The van der Waals surface area contributed by atoms with E-state index in [1.807, 2.05) is 18.2 Å². The number of fused-ring (bicyclic) bond motifs is 1. The fraction of sp³-hybridized carbons (Fsp3) is 0.571. The first kappa shape index (κ1) is 14.2. The average Bonchev–Trinajstić information content (AvgIpc) is 2.76. The molecule has 1 N–H and O–H groups in total. The molecule has 1 atom stereocenters. The van der Waals surface area contributed by atoms with Gasteiger partial charge in [-0.25, -0.2) is 0 Å². The Kier molecular flexibility index (Phi) is 4.34. The van der Waals surface area contributed by atoms with Crippen LogP contribution < -0.4 is 10.1 Å². The normalized spacial score (nSPS) is 18.4. The van der Waals surface area contributed by atoms with Gasteiger partial charge in [-0.3, -0.25) is 0 Å². The molecule has 2 rings (SSSR count). The van der Waals surface area contributed by atoms with Gasteiger partial charge in [0.2, 0.25) is 0 Å². The van der Waals surface area contributed by atoms with E-state index in [-0.39, 0.29) is 12.5 Å². The molecule has 0 bridgehead atoms. The van der Waals surface area contributed by atoms with Gasteiger partial charge in [-0.05, 0) is 49.1 Å². The van der Waals surface area contributed by atoms with E-state index in [1.165, 1.54) is 5.56 Å². The molecule has 5 heteroatoms. The molecule has 1 aromatic rings. The third-order valence-corrected chi connectivity index (χ3v) is 3.46. The minimum absolute atomic E-state index is 0.124. The molecule has 19 heavy (non-hydrogen) atoms. The molecule has 106 valence electrons. The molecule has 1 aliphatic rings. The van der Waals surface area contributed by atoms with E-state index >= 15 is 0 Å². The molecule has 0 heterocycles. The van der Waals surface area contributed by atoms with E-state index in [1.54, 1.807) is 7.11 Å². The number of hydrogen-bond donors (Lipinski definition) is 1. The molecule has 0 saturated heterocycles. The molecule has 0 spiro atoms. The van der Waals surface area contributed by atoms with E-state index in [0.29, 0.717) is 6.54 Å². The summed E-state index contributed by atoms with van der Waals surface area (Å²) in [6, 6.07) is 6.08. The van der Waals surface area contributed by atoms with Gasteiger partial charge in [0.1, 0.15) is 5.75 Å². The SMILES string of the molecule is COc1ccc2c(c1)C(NCCCC(F)(F)F)CC2. The predicted octanol–water partition coefficient (Wildman–Crippen LogP) is 3.61. The Morgan fingerprint density at radius 3 is 2.84 bits per heavy atom. The minimum Gasteiger partial charge on any atom is -0.497 e. The lowest BCUT2D eigenvalue weighted by Gasteiger charge is -2.15. The zero-order valence-electron chi connectivity index (χ0n) is 10.9. The first-order chi connectivity index (χ1) is 8.99. The Hall–Kier alpha value is -1.23. The molecular weight excluding hydrogens is 255 g/mol. The first-order valence-electron chi connectivity index (χ1n) is 6.46. The third kappa shape index (κ3) is 3.86. The van der Waals surface area contributed by atoms with Crippen LogP contribution in [0.25, 0.3) is 0 Å². The lowest BCUT2D eigenvalue weighted by molar-refractivity contribution is -0.135. The monoisotopic (exact) mass is 273 g/mol. The largest absolute Gasteiger partial charge is 0.497 e. The topological polar surface area (TPSA) is 21.3 Å². The fourth-order valence-corrected chi connectivity index (χ4v) is 2.48. The fourth-order valence-electron chi connectivity index (χ4n) is 2.48. The summed E-state index contributed by atoms with van der Waals surface area (Å²) in [5.41, 5.74) is 2.42. The summed E-state index contributed by atoms with van der Waals surface area (Å²) in [4.78, 5) is 0. The summed E-state index contributed by atoms with van der Waals surface area (Å²) >= 11 is 0. The van der Waals surface area contributed by atoms with Gasteiger partial charge in [-0.2, -0.15) is 13.2 Å². The molecule has 0 saturated carbocycles. The van der Waals surface area contributed by atoms with Crippen LogP contribution in [0.4, 0.5) is 13.2 Å². The smallest absolute Gasteiger partial charge is 0.389 e. The number of rotatable bonds is 5. The highest BCUT2D eigenvalue weighted by Crippen LogP contribution is 2.33. The van der Waals surface area contributed by atoms with Gasteiger partial charge in [0, 0.05) is 12.5 Å². The third-order valence-electron chi connectivity index (χ3n) is 3.46. The van der Waals surface area contributed by atoms with Crippen LogP contribution in [0, 0.1) is 0 Å². The van der Waals surface area contributed by atoms with Crippen LogP contribution in [0.2, 0.25) is 0 Å². The maximum atomic E-state index is 12.0. The van der Waals surface area contributed by atoms with Crippen LogP contribution >= 0.6 is 0 Å². The lowest BCUT2D eigenvalue weighted by Crippen LogP contribution is -2.22. The van der Waals surface area contributed by atoms with Crippen molar-refractivity contribution in [3.63, 3.8) is 0 Å². The van der Waals surface area contributed by atoms with Gasteiger partial charge >= 0.3 is 6.18 Å². The van der Waals surface area contributed by atoms with Gasteiger partial charge in [0.05, 0.1) is 7.11 Å². The standard InChI is InChI=1S/C14H18F3NO/c1-19-11-5-3-10-4-6-13(12(10)9-11)18-8-2-7-14(15,16)17/h3,5,9,13,18H,2,4,6-8H2,1H3. The second-order valence-electron chi connectivity index (χ2n) is 4.83. The van der Waals surface area contributed by atoms with Crippen molar-refractivity contribution in [3.05, 3.63) is 29.3 Å². The Balaban J connectivity index is 1.88. The van der Waals surface area contributed by atoms with Crippen LogP contribution in [-0.2, 0) is 6.42 Å². The number of aryl methyl sites for hydroxylation is 1. The quantitative estimate of drug-likeness (QED) is 0.827. The van der Waals surface area contributed by atoms with Gasteiger partial charge in [-0.15, -0.1) is 0 Å². The number of nitrogens with one attached hydrogen (secondary N) is 1. The maximum Gasteiger partial charge on any atom is 0.389 e. The Labute approximate surface area is 111 Å². The van der Waals surface area contributed by atoms with Gasteiger partial charge in [0.25, 0.3) is 0 Å². The second-order valence-corrected chi connectivity index (χ2v) is 4.83. The van der Waals surface area contributed by atoms with E-state index in [0.717, 1.165) is 24.2 Å². The van der Waals surface area contributed by atoms with Gasteiger partial charge < -0.3 is 10.1 Å². The maximum absolute atomic E-state index is 12.0. The highest BCUT2D eigenvalue weighted by molar-refractivity contribution is 5.40. The van der Waals surface area contributed by atoms with Crippen LogP contribution in [-0.4, -0.2) is 19.8 Å². The molecule has 1 unspecified atom stereocenters. The number of benzene rings is 1. The molecule has 1 aliphatic carbocycles. The molecule has 0 aromatic heterocycles. The lowest BCUT2D eigenvalue weighted by atomic mass is 10.1. The molecule has 2 nitrogen and oxygen atoms in total. The summed E-state index contributed by atoms with van der Waals surface area (Å²) in [6.45, 7) is 0.390. The van der Waals surface area contributed by atoms with E-state index in [2.05, 4.69) is 5.32 Å². The Bertz CT molecular complexity index is 431. The van der Waals surface area contributed by atoms with Crippen molar-refractivity contribution in [1.29, 1.82) is 0 Å². The van der Waals surface area contributed by atoms with Crippen LogP contribution in [0.1, 0.15) is 36.4 Å². The van der Waals surface area contributed by atoms with Crippen molar-refractivity contribution in [2.24, 2.45) is 0 Å². The van der Waals surface area contributed by atoms with Gasteiger partial charge in [-0.1, -0.05) is 6.07 Å². The number of ether oxygens (including phenoxy) is 1. The molecule has 0 radical (unpaired) electrons. The number of methoxy groups -OCH3 is 1. The predicted molar refractivity (Wildman–Crippen MR) is 67.3 cm³/mol. The minimum atomic E-state index is -4.06. The number of alkyl halides is 3. The molecular formula is C14H18F3NO. The van der Waals surface area contributed by atoms with Crippen molar-refractivity contribution in [2.45, 2.75) is 37.9 Å². The first-order valence-corrected chi connectivity index (χ1v) is 6.46. The van der Waals surface area contributed by atoms with Crippen molar-refractivity contribution in [2.75, 3.05) is 13.7 Å². The number of halogens is 3. The molecule has 0 amide bonds. The average molecular weight is 273 g/mol. The molecule has 1 aromatic carbocycles. The van der Waals surface area contributed by atoms with Crippen molar-refractivity contribution < 1.29 is 17.9 Å². The van der Waals surface area contributed by atoms with Crippen molar-refractivity contribution >= 4 is 0 Å². The van der Waals surface area contributed by atoms with Crippen LogP contribution in [0.3, 0.4) is 0 Å². The summed E-state index contributed by atoms with van der Waals surface area (Å²) in [7, 11) is 1.61. The highest BCUT2D eigenvalue weighted by atomic mass is 19.4. The van der Waals surface area contributed by atoms with E-state index in [4.69, 9.17) is 4.74 Å². The summed E-state index contributed by atoms with van der Waals surface area (Å²) < 4.78 is 41.3. The summed E-state index contributed by atoms with van der Waals surface area (Å²) in [5.74, 6) is 0.794. The van der Waals surface area contributed by atoms with E-state index in [9.17, 15) is 13.2 Å². The summed E-state index contributed by atoms with van der Waals surface area (Å²) in [5, 5.41) is 3.21. The van der Waals surface area contributed by atoms with Gasteiger partial charge in [0.15, 0.2) is 0 Å². The molecule has 0 aliphatic heterocycles. The Morgan fingerprint density at radius 2 is 2.16 bits per heavy atom.